The number of nitrogens with one attached hydrogen (secondary N) is 1. The summed E-state index contributed by atoms with van der Waals surface area (Å²) in [5.74, 6) is -0.738. The first kappa shape index (κ1) is 19.2. The molecule has 27 heavy (non-hydrogen) atoms. The minimum atomic E-state index is -0.465. The second-order valence-corrected chi connectivity index (χ2v) is 7.94. The molecule has 0 radical (unpaired) electrons. The van der Waals surface area contributed by atoms with Crippen molar-refractivity contribution in [3.8, 4) is 0 Å². The van der Waals surface area contributed by atoms with Crippen molar-refractivity contribution in [1.82, 2.24) is 14.9 Å². The van der Waals surface area contributed by atoms with E-state index in [-0.39, 0.29) is 24.6 Å². The molecule has 3 aromatic rings. The summed E-state index contributed by atoms with van der Waals surface area (Å²) in [6.45, 7) is 5.96. The average molecular weight is 406 g/mol. The highest BCUT2D eigenvalue weighted by Crippen LogP contribution is 2.27. The van der Waals surface area contributed by atoms with Gasteiger partial charge in [-0.15, -0.1) is 22.7 Å². The van der Waals surface area contributed by atoms with Gasteiger partial charge in [0.2, 0.25) is 5.91 Å². The monoisotopic (exact) mass is 405 g/mol. The van der Waals surface area contributed by atoms with Gasteiger partial charge >= 0.3 is 5.97 Å². The Balaban J connectivity index is 1.81. The van der Waals surface area contributed by atoms with E-state index in [1.54, 1.807) is 25.2 Å². The number of ether oxygens (including phenoxy) is 1. The van der Waals surface area contributed by atoms with Gasteiger partial charge in [0.15, 0.2) is 0 Å². The Kier molecular flexibility index (Phi) is 5.71. The zero-order valence-corrected chi connectivity index (χ0v) is 16.8. The fraction of sp³-hybridized carbons (Fsp3) is 0.333. The minimum absolute atomic E-state index is 0.129. The third-order valence-electron chi connectivity index (χ3n) is 4.11. The fourth-order valence-electron chi connectivity index (χ4n) is 2.64. The predicted octanol–water partition coefficient (Wildman–Crippen LogP) is 2.63. The number of carbonyl (C=O) groups is 2. The molecule has 1 amide bonds. The number of fused-ring (bicyclic) bond motifs is 1. The van der Waals surface area contributed by atoms with Crippen molar-refractivity contribution in [2.75, 3.05) is 6.61 Å². The first-order valence-corrected chi connectivity index (χ1v) is 10.1. The molecule has 0 atom stereocenters. The number of aromatic nitrogens is 2. The van der Waals surface area contributed by atoms with Crippen LogP contribution in [0.25, 0.3) is 10.2 Å². The van der Waals surface area contributed by atoms with Crippen LogP contribution in [0.5, 0.6) is 0 Å². The number of carbonyl (C=O) groups excluding carboxylic acids is 2. The summed E-state index contributed by atoms with van der Waals surface area (Å²) in [6, 6.07) is 2.00. The van der Waals surface area contributed by atoms with Gasteiger partial charge in [-0.3, -0.25) is 14.2 Å². The van der Waals surface area contributed by atoms with Crippen LogP contribution >= 0.6 is 22.7 Å². The lowest BCUT2D eigenvalue weighted by Crippen LogP contribution is -2.32. The molecular weight excluding hydrogens is 386 g/mol. The first-order valence-electron chi connectivity index (χ1n) is 8.37. The summed E-state index contributed by atoms with van der Waals surface area (Å²) in [7, 11) is 0. The highest BCUT2D eigenvalue weighted by atomic mass is 32.1. The lowest BCUT2D eigenvalue weighted by molar-refractivity contribution is -0.121. The number of amides is 1. The average Bonchev–Trinajstić information content (AvgIpc) is 3.19. The maximum absolute atomic E-state index is 12.8. The van der Waals surface area contributed by atoms with Gasteiger partial charge in [0.1, 0.15) is 16.3 Å². The molecule has 0 saturated heterocycles. The molecule has 0 unspecified atom stereocenters. The van der Waals surface area contributed by atoms with Gasteiger partial charge in [-0.25, -0.2) is 9.78 Å². The second kappa shape index (κ2) is 8.01. The van der Waals surface area contributed by atoms with Gasteiger partial charge < -0.3 is 10.1 Å². The zero-order valence-electron chi connectivity index (χ0n) is 15.2. The van der Waals surface area contributed by atoms with Crippen molar-refractivity contribution < 1.29 is 14.3 Å². The summed E-state index contributed by atoms with van der Waals surface area (Å²) in [5.41, 5.74) is 1.32. The molecule has 0 aromatic carbocycles. The maximum Gasteiger partial charge on any atom is 0.348 e. The standard InChI is InChI=1S/C18H19N3O4S2/c1-4-25-18(24)15-11(3)14-16(27-15)20-9-21(17(14)23)8-13(22)19-7-12-10(2)5-6-26-12/h5-6,9H,4,7-8H2,1-3H3,(H,19,22). The van der Waals surface area contributed by atoms with E-state index in [1.807, 2.05) is 18.4 Å². The topological polar surface area (TPSA) is 90.3 Å². The normalized spacial score (nSPS) is 10.9. The molecule has 142 valence electrons. The summed E-state index contributed by atoms with van der Waals surface area (Å²) < 4.78 is 6.28. The molecule has 1 N–H and O–H groups in total. The second-order valence-electron chi connectivity index (χ2n) is 5.94. The van der Waals surface area contributed by atoms with Crippen molar-refractivity contribution in [1.29, 1.82) is 0 Å². The molecule has 3 heterocycles. The van der Waals surface area contributed by atoms with Crippen LogP contribution in [0.15, 0.2) is 22.6 Å². The van der Waals surface area contributed by atoms with Crippen molar-refractivity contribution in [3.05, 3.63) is 49.0 Å². The highest BCUT2D eigenvalue weighted by Gasteiger charge is 2.20. The van der Waals surface area contributed by atoms with Crippen LogP contribution in [0.1, 0.15) is 32.6 Å². The molecule has 9 heteroatoms. The van der Waals surface area contributed by atoms with Gasteiger partial charge in [-0.05, 0) is 43.3 Å². The number of rotatable bonds is 6. The van der Waals surface area contributed by atoms with Crippen LogP contribution in [0.4, 0.5) is 0 Å². The van der Waals surface area contributed by atoms with E-state index < -0.39 is 5.97 Å². The number of nitrogens with zero attached hydrogens (tertiary/aromatic N) is 2. The molecule has 0 saturated carbocycles. The van der Waals surface area contributed by atoms with Gasteiger partial charge in [-0.1, -0.05) is 0 Å². The van der Waals surface area contributed by atoms with Gasteiger partial charge in [-0.2, -0.15) is 0 Å². The molecule has 0 aliphatic carbocycles. The van der Waals surface area contributed by atoms with E-state index in [0.29, 0.717) is 27.2 Å². The van der Waals surface area contributed by atoms with Crippen LogP contribution in [0.2, 0.25) is 0 Å². The van der Waals surface area contributed by atoms with Crippen LogP contribution in [-0.2, 0) is 22.6 Å². The number of hydrogen-bond acceptors (Lipinski definition) is 7. The summed E-state index contributed by atoms with van der Waals surface area (Å²) >= 11 is 2.70. The van der Waals surface area contributed by atoms with E-state index >= 15 is 0 Å². The van der Waals surface area contributed by atoms with Crippen LogP contribution < -0.4 is 10.9 Å². The third-order valence-corrected chi connectivity index (χ3v) is 6.31. The minimum Gasteiger partial charge on any atom is -0.462 e. The Morgan fingerprint density at radius 3 is 2.78 bits per heavy atom. The van der Waals surface area contributed by atoms with Crippen LogP contribution in [0.3, 0.4) is 0 Å². The van der Waals surface area contributed by atoms with E-state index in [1.165, 1.54) is 10.9 Å². The van der Waals surface area contributed by atoms with Crippen molar-refractivity contribution in [3.63, 3.8) is 0 Å². The van der Waals surface area contributed by atoms with Crippen LogP contribution in [0, 0.1) is 13.8 Å². The van der Waals surface area contributed by atoms with E-state index in [4.69, 9.17) is 4.74 Å². The van der Waals surface area contributed by atoms with Gasteiger partial charge in [0.25, 0.3) is 5.56 Å². The quantitative estimate of drug-likeness (QED) is 0.637. The lowest BCUT2D eigenvalue weighted by Gasteiger charge is -2.07. The van der Waals surface area contributed by atoms with E-state index in [2.05, 4.69) is 10.3 Å². The zero-order chi connectivity index (χ0) is 19.6. The molecule has 0 spiro atoms. The smallest absolute Gasteiger partial charge is 0.348 e. The van der Waals surface area contributed by atoms with E-state index in [9.17, 15) is 14.4 Å². The highest BCUT2D eigenvalue weighted by molar-refractivity contribution is 7.20. The maximum atomic E-state index is 12.8. The summed E-state index contributed by atoms with van der Waals surface area (Å²) in [4.78, 5) is 43.2. The predicted molar refractivity (Wildman–Crippen MR) is 105 cm³/mol. The molecule has 0 aliphatic heterocycles. The molecule has 7 nitrogen and oxygen atoms in total. The van der Waals surface area contributed by atoms with Gasteiger partial charge in [0, 0.05) is 4.88 Å². The van der Waals surface area contributed by atoms with E-state index in [0.717, 1.165) is 21.8 Å². The van der Waals surface area contributed by atoms with Crippen molar-refractivity contribution in [2.24, 2.45) is 0 Å². The van der Waals surface area contributed by atoms with Gasteiger partial charge in [0.05, 0.1) is 24.9 Å². The Labute approximate surface area is 163 Å². The molecular formula is C18H19N3O4S2. The fourth-order valence-corrected chi connectivity index (χ4v) is 4.52. The lowest BCUT2D eigenvalue weighted by atomic mass is 10.2. The Morgan fingerprint density at radius 2 is 2.11 bits per heavy atom. The molecule has 0 aliphatic rings. The number of hydrogen-bond donors (Lipinski definition) is 1. The molecule has 3 aromatic heterocycles. The number of thiophene rings is 2. The Bertz CT molecular complexity index is 1060. The summed E-state index contributed by atoms with van der Waals surface area (Å²) in [6.07, 6.45) is 1.34. The Hall–Kier alpha value is -2.52. The van der Waals surface area contributed by atoms with Crippen molar-refractivity contribution >= 4 is 44.8 Å². The van der Waals surface area contributed by atoms with Crippen LogP contribution in [-0.4, -0.2) is 28.0 Å². The third kappa shape index (κ3) is 3.93. The molecule has 0 fully saturated rings. The number of esters is 1. The van der Waals surface area contributed by atoms with Crippen molar-refractivity contribution in [2.45, 2.75) is 33.9 Å². The SMILES string of the molecule is CCOC(=O)c1sc2ncn(CC(=O)NCc3sccc3C)c(=O)c2c1C. The summed E-state index contributed by atoms with van der Waals surface area (Å²) in [5, 5.41) is 5.14. The first-order chi connectivity index (χ1) is 12.9. The molecule has 0 bridgehead atoms. The Morgan fingerprint density at radius 1 is 1.33 bits per heavy atom. The molecule has 3 rings (SSSR count). The largest absolute Gasteiger partial charge is 0.462 e. The number of aryl methyl sites for hydroxylation is 2.